The van der Waals surface area contributed by atoms with E-state index in [0.717, 1.165) is 42.1 Å². The highest BCUT2D eigenvalue weighted by molar-refractivity contribution is 7.99. The zero-order valence-electron chi connectivity index (χ0n) is 46.9. The summed E-state index contributed by atoms with van der Waals surface area (Å²) < 4.78 is 67.5. The fourth-order valence-electron chi connectivity index (χ4n) is 9.95. The van der Waals surface area contributed by atoms with Crippen LogP contribution >= 0.6 is 11.8 Å². The summed E-state index contributed by atoms with van der Waals surface area (Å²) in [5.41, 5.74) is 2.11. The van der Waals surface area contributed by atoms with Gasteiger partial charge in [-0.05, 0) is 113 Å². The number of halogens is 3. The molecule has 1 aliphatic carbocycles. The predicted octanol–water partition coefficient (Wildman–Crippen LogP) is 7.32. The maximum atomic E-state index is 15.9. The van der Waals surface area contributed by atoms with Crippen molar-refractivity contribution in [2.45, 2.75) is 121 Å². The molecule has 2 aliphatic heterocycles. The number of aliphatic hydroxyl groups excluding tert-OH is 2. The average molecular weight is 1150 g/mol. The number of anilines is 2. The number of hydrogen-bond donors (Lipinski definition) is 6. The molecule has 438 valence electrons. The predicted molar refractivity (Wildman–Crippen MR) is 302 cm³/mol. The van der Waals surface area contributed by atoms with Gasteiger partial charge in [0.25, 0.3) is 0 Å². The molecular weight excluding hydrogens is 1080 g/mol. The Morgan fingerprint density at radius 1 is 0.963 bits per heavy atom. The van der Waals surface area contributed by atoms with Crippen molar-refractivity contribution < 1.29 is 56.7 Å². The van der Waals surface area contributed by atoms with E-state index < -0.39 is 53.3 Å². The van der Waals surface area contributed by atoms with Crippen LogP contribution in [0.3, 0.4) is 0 Å². The molecule has 9 rings (SSSR count). The smallest absolute Gasteiger partial charge is 0.444 e. The first kappa shape index (κ1) is 59.5. The van der Waals surface area contributed by atoms with E-state index in [1.807, 2.05) is 65.0 Å². The second kappa shape index (κ2) is 25.1. The van der Waals surface area contributed by atoms with E-state index in [1.54, 1.807) is 21.0 Å². The summed E-state index contributed by atoms with van der Waals surface area (Å²) in [5, 5.41) is 42.1. The zero-order valence-corrected chi connectivity index (χ0v) is 47.7. The van der Waals surface area contributed by atoms with Crippen LogP contribution in [-0.2, 0) is 43.0 Å². The summed E-state index contributed by atoms with van der Waals surface area (Å²) in [6.07, 6.45) is -2.26. The first-order chi connectivity index (χ1) is 39.1. The quantitative estimate of drug-likeness (QED) is 0.0159. The first-order valence-electron chi connectivity index (χ1n) is 27.6. The maximum absolute atomic E-state index is 15.9. The van der Waals surface area contributed by atoms with E-state index in [0.29, 0.717) is 97.1 Å². The number of nitrogens with one attached hydrogen (secondary N) is 4. The van der Waals surface area contributed by atoms with Crippen LogP contribution in [0.15, 0.2) is 65.8 Å². The van der Waals surface area contributed by atoms with Gasteiger partial charge < -0.3 is 59.9 Å². The summed E-state index contributed by atoms with van der Waals surface area (Å²) in [5.74, 6) is 5.90. The van der Waals surface area contributed by atoms with Gasteiger partial charge in [-0.1, -0.05) is 67.8 Å². The van der Waals surface area contributed by atoms with E-state index in [1.165, 1.54) is 30.3 Å². The van der Waals surface area contributed by atoms with Gasteiger partial charge in [0.15, 0.2) is 33.6 Å². The van der Waals surface area contributed by atoms with Crippen molar-refractivity contribution in [2.75, 3.05) is 75.5 Å². The number of likely N-dealkylation sites (tertiary alicyclic amines) is 1. The fraction of sp³-hybridized carbons (Fsp3) is 0.500. The summed E-state index contributed by atoms with van der Waals surface area (Å²) in [6, 6.07) is 16.7. The Balaban J connectivity index is 0.721. The standard InChI is InChI=1S/C58H70F3N11O9S/c1-7-27-82-53-66-49(62-21-22-64-54(77)81-55(2,3)4)48-50(67-53)72(69-68-48)32-37-12-10-36(11-13-37)9-8-20-63-51(75)38-16-23-70(24-17-38)25-26-78-35-56(5,6)47-29-39-28-43(42(59)31-44(39)71(47)33-41(74)34-73)65-52(76)57(18-19-57)40-14-15-45-46(30-40)80-58(60,61)79-45/h10-15,28-31,38,41,73-74H,7,16-27,32-35H2,1-6H3,(H,63,75)(H,64,77)(H,65,76)(H,62,66,67)/t41-/m1/s1. The van der Waals surface area contributed by atoms with E-state index in [2.05, 4.69) is 69.7 Å². The molecule has 3 amide bonds. The number of fused-ring (bicyclic) bond motifs is 3. The minimum atomic E-state index is -3.81. The van der Waals surface area contributed by atoms with Gasteiger partial charge in [-0.2, -0.15) is 0 Å². The molecule has 1 saturated carbocycles. The van der Waals surface area contributed by atoms with Crippen molar-refractivity contribution in [2.24, 2.45) is 5.92 Å². The van der Waals surface area contributed by atoms with Crippen molar-refractivity contribution >= 4 is 63.2 Å². The SMILES string of the molecule is CCCSc1nc(NCCNC(=O)OC(C)(C)C)c2nnn(Cc3ccc(C#CCNC(=O)C4CCN(CCOCC(C)(C)c5cc6cc(NC(=O)C7(c8ccc9c(c8)OC(F)(F)O9)CC7)c(F)cc6n5C[C@@H](O)CO)CC4)cc3)c2n1. The van der Waals surface area contributed by atoms with Crippen molar-refractivity contribution in [3.05, 3.63) is 88.9 Å². The van der Waals surface area contributed by atoms with Gasteiger partial charge in [0.1, 0.15) is 11.4 Å². The second-order valence-corrected chi connectivity index (χ2v) is 23.5. The molecule has 0 radical (unpaired) electrons. The van der Waals surface area contributed by atoms with Crippen molar-refractivity contribution in [1.29, 1.82) is 0 Å². The Hall–Kier alpha value is -7.17. The van der Waals surface area contributed by atoms with Crippen LogP contribution in [-0.4, -0.2) is 145 Å². The number of amides is 3. The largest absolute Gasteiger partial charge is 0.586 e. The highest BCUT2D eigenvalue weighted by Gasteiger charge is 2.53. The van der Waals surface area contributed by atoms with Crippen molar-refractivity contribution in [1.82, 2.24) is 45.1 Å². The molecule has 0 spiro atoms. The molecule has 0 bridgehead atoms. The molecule has 1 atom stereocenters. The van der Waals surface area contributed by atoms with Gasteiger partial charge in [0.2, 0.25) is 11.8 Å². The number of carbonyl (C=O) groups excluding carboxylic acids is 3. The fourth-order valence-corrected chi connectivity index (χ4v) is 10.6. The monoisotopic (exact) mass is 1150 g/mol. The van der Waals surface area contributed by atoms with Gasteiger partial charge in [-0.15, -0.1) is 13.9 Å². The minimum absolute atomic E-state index is 0.0244. The van der Waals surface area contributed by atoms with Crippen molar-refractivity contribution in [3.63, 3.8) is 0 Å². The number of benzene rings is 3. The van der Waals surface area contributed by atoms with Crippen molar-refractivity contribution in [3.8, 4) is 23.3 Å². The summed E-state index contributed by atoms with van der Waals surface area (Å²) >= 11 is 1.55. The Morgan fingerprint density at radius 2 is 1.72 bits per heavy atom. The number of hydrogen-bond acceptors (Lipinski definition) is 16. The number of carbonyl (C=O) groups is 3. The third-order valence-corrected chi connectivity index (χ3v) is 15.4. The number of aromatic nitrogens is 6. The minimum Gasteiger partial charge on any atom is -0.444 e. The molecule has 24 heteroatoms. The summed E-state index contributed by atoms with van der Waals surface area (Å²) in [4.78, 5) is 50.7. The molecule has 82 heavy (non-hydrogen) atoms. The molecule has 0 unspecified atom stereocenters. The number of aliphatic hydroxyl groups is 2. The van der Waals surface area contributed by atoms with E-state index in [9.17, 15) is 33.4 Å². The Labute approximate surface area is 477 Å². The Morgan fingerprint density at radius 3 is 2.44 bits per heavy atom. The third kappa shape index (κ3) is 14.5. The van der Waals surface area contributed by atoms with Crippen LogP contribution in [0.1, 0.15) is 96.0 Å². The van der Waals surface area contributed by atoms with Crippen LogP contribution in [0, 0.1) is 23.6 Å². The lowest BCUT2D eigenvalue weighted by atomic mass is 9.90. The van der Waals surface area contributed by atoms with Crippen LogP contribution in [0.4, 0.5) is 29.5 Å². The lowest BCUT2D eigenvalue weighted by molar-refractivity contribution is -0.286. The number of rotatable bonds is 23. The van der Waals surface area contributed by atoms with E-state index in [-0.39, 0.29) is 48.7 Å². The van der Waals surface area contributed by atoms with Crippen LogP contribution < -0.4 is 30.7 Å². The maximum Gasteiger partial charge on any atom is 0.586 e. The molecule has 1 saturated heterocycles. The molecule has 3 aromatic heterocycles. The van der Waals surface area contributed by atoms with Gasteiger partial charge in [0.05, 0.1) is 62.2 Å². The van der Waals surface area contributed by atoms with Gasteiger partial charge in [-0.25, -0.2) is 23.8 Å². The number of piperidine rings is 1. The highest BCUT2D eigenvalue weighted by Crippen LogP contribution is 2.52. The molecule has 2 fully saturated rings. The molecule has 6 N–H and O–H groups in total. The number of alkyl halides is 2. The molecule has 3 aliphatic rings. The van der Waals surface area contributed by atoms with Crippen LogP contribution in [0.25, 0.3) is 22.1 Å². The lowest BCUT2D eigenvalue weighted by Crippen LogP contribution is -2.42. The topological polar surface area (TPSA) is 241 Å². The van der Waals surface area contributed by atoms with Gasteiger partial charge in [0, 0.05) is 59.4 Å². The molecule has 20 nitrogen and oxygen atoms in total. The summed E-state index contributed by atoms with van der Waals surface area (Å²) in [6.45, 7) is 15.0. The zero-order chi connectivity index (χ0) is 58.4. The van der Waals surface area contributed by atoms with Gasteiger partial charge in [-0.3, -0.25) is 9.59 Å². The van der Waals surface area contributed by atoms with Crippen LogP contribution in [0.5, 0.6) is 11.5 Å². The first-order valence-corrected chi connectivity index (χ1v) is 28.6. The number of nitrogens with zero attached hydrogens (tertiary/aromatic N) is 7. The normalized spacial score (nSPS) is 16.1. The summed E-state index contributed by atoms with van der Waals surface area (Å²) in [7, 11) is 0. The molecule has 3 aromatic carbocycles. The molecular formula is C58H70F3N11O9S. The number of thioether (sulfide) groups is 1. The molecule has 6 aromatic rings. The van der Waals surface area contributed by atoms with Crippen LogP contribution in [0.2, 0.25) is 0 Å². The third-order valence-electron chi connectivity index (χ3n) is 14.4. The van der Waals surface area contributed by atoms with E-state index in [4.69, 9.17) is 14.5 Å². The second-order valence-electron chi connectivity index (χ2n) is 22.5. The van der Waals surface area contributed by atoms with Gasteiger partial charge >= 0.3 is 12.4 Å². The highest BCUT2D eigenvalue weighted by atomic mass is 32.2. The lowest BCUT2D eigenvalue weighted by Gasteiger charge is -2.32. The number of alkyl carbamates (subject to hydrolysis) is 1. The Bertz CT molecular complexity index is 3350. The number of ether oxygens (including phenoxy) is 4. The Kier molecular flexibility index (Phi) is 18.2. The molecule has 5 heterocycles. The average Bonchev–Trinajstić information content (AvgIpc) is 3.27. The van der Waals surface area contributed by atoms with E-state index >= 15 is 4.39 Å².